The van der Waals surface area contributed by atoms with Crippen molar-refractivity contribution in [3.8, 4) is 5.75 Å². The Morgan fingerprint density at radius 3 is 2.13 bits per heavy atom. The van der Waals surface area contributed by atoms with Crippen LogP contribution < -0.4 is 9.04 Å². The van der Waals surface area contributed by atoms with Crippen LogP contribution in [0, 0.1) is 0 Å². The fourth-order valence-electron chi connectivity index (χ4n) is 3.83. The van der Waals surface area contributed by atoms with Gasteiger partial charge in [-0.1, -0.05) is 84.0 Å². The van der Waals surface area contributed by atoms with Gasteiger partial charge < -0.3 is 9.84 Å². The second-order valence-corrected chi connectivity index (χ2v) is 9.75. The van der Waals surface area contributed by atoms with Crippen molar-refractivity contribution in [2.75, 3.05) is 17.5 Å². The van der Waals surface area contributed by atoms with Crippen molar-refractivity contribution >= 4 is 24.0 Å². The van der Waals surface area contributed by atoms with E-state index >= 15 is 0 Å². The minimum absolute atomic E-state index is 0.341. The molecule has 0 radical (unpaired) electrons. The lowest BCUT2D eigenvalue weighted by molar-refractivity contribution is 0.282. The van der Waals surface area contributed by atoms with Crippen molar-refractivity contribution in [2.24, 2.45) is 4.99 Å². The minimum Gasteiger partial charge on any atom is -0.494 e. The molecule has 1 N–H and O–H groups in total. The molecule has 0 amide bonds. The van der Waals surface area contributed by atoms with Crippen LogP contribution in [-0.4, -0.2) is 30.0 Å². The number of benzene rings is 1. The van der Waals surface area contributed by atoms with Crippen LogP contribution in [0.4, 0.5) is 5.69 Å². The number of aliphatic hydroxyl groups is 1. The molecule has 0 aliphatic carbocycles. The van der Waals surface area contributed by atoms with Crippen LogP contribution in [0.3, 0.4) is 0 Å². The second-order valence-electron chi connectivity index (χ2n) is 8.60. The molecular formula is C26H44N2O2S. The van der Waals surface area contributed by atoms with E-state index in [1.807, 2.05) is 18.3 Å². The fraction of sp³-hybridized carbons (Fsp3) is 0.731. The highest BCUT2D eigenvalue weighted by Crippen LogP contribution is 2.33. The maximum Gasteiger partial charge on any atom is 0.119 e. The lowest BCUT2D eigenvalue weighted by atomic mass is 10.1. The Balaban J connectivity index is 1.50. The smallest absolute Gasteiger partial charge is 0.119 e. The van der Waals surface area contributed by atoms with E-state index < -0.39 is 0 Å². The zero-order valence-electron chi connectivity index (χ0n) is 19.6. The highest BCUT2D eigenvalue weighted by atomic mass is 32.2. The van der Waals surface area contributed by atoms with Crippen molar-refractivity contribution in [3.63, 3.8) is 0 Å². The molecule has 1 aliphatic rings. The third kappa shape index (κ3) is 11.8. The predicted molar refractivity (Wildman–Crippen MR) is 136 cm³/mol. The zero-order chi connectivity index (χ0) is 22.0. The van der Waals surface area contributed by atoms with E-state index in [9.17, 15) is 0 Å². The summed E-state index contributed by atoms with van der Waals surface area (Å²) in [6.45, 7) is 3.40. The highest BCUT2D eigenvalue weighted by molar-refractivity contribution is 8.02. The van der Waals surface area contributed by atoms with Gasteiger partial charge >= 0.3 is 0 Å². The first-order valence-corrected chi connectivity index (χ1v) is 13.5. The Morgan fingerprint density at radius 1 is 0.839 bits per heavy atom. The molecule has 0 aromatic heterocycles. The quantitative estimate of drug-likeness (QED) is 0.173. The number of nitrogens with zero attached hydrogens (tertiary/aromatic N) is 2. The van der Waals surface area contributed by atoms with Gasteiger partial charge in [-0.2, -0.15) is 0 Å². The number of unbranched alkanes of at least 4 members (excludes halogenated alkanes) is 12. The minimum atomic E-state index is 0.341. The lowest BCUT2D eigenvalue weighted by Crippen LogP contribution is -2.08. The molecule has 1 aromatic carbocycles. The molecule has 176 valence electrons. The van der Waals surface area contributed by atoms with Gasteiger partial charge in [0.15, 0.2) is 0 Å². The summed E-state index contributed by atoms with van der Waals surface area (Å²) in [5.74, 6) is 0.959. The summed E-state index contributed by atoms with van der Waals surface area (Å²) in [4.78, 5) is 4.67. The Bertz CT molecular complexity index is 579. The Morgan fingerprint density at radius 2 is 1.45 bits per heavy atom. The fourth-order valence-corrected chi connectivity index (χ4v) is 4.82. The third-order valence-electron chi connectivity index (χ3n) is 5.79. The van der Waals surface area contributed by atoms with Gasteiger partial charge in [0.05, 0.1) is 12.3 Å². The van der Waals surface area contributed by atoms with Gasteiger partial charge in [0, 0.05) is 6.61 Å². The molecule has 0 saturated carbocycles. The van der Waals surface area contributed by atoms with Crippen LogP contribution in [-0.2, 0) is 0 Å². The second kappa shape index (κ2) is 17.4. The number of aliphatic hydroxyl groups excluding tert-OH is 1. The maximum absolute atomic E-state index is 8.77. The topological polar surface area (TPSA) is 45.1 Å². The summed E-state index contributed by atoms with van der Waals surface area (Å²) in [6, 6.07) is 8.42. The van der Waals surface area contributed by atoms with Crippen LogP contribution in [0.1, 0.15) is 103 Å². The molecule has 1 unspecified atom stereocenters. The standard InChI is InChI=1S/C26H44N2O2S/c1-2-3-4-10-13-16-26-27-23-28(31-26)24-17-19-25(20-18-24)30-22-15-12-9-7-5-6-8-11-14-21-29/h17-20,23,26,29H,2-16,21-22H2,1H3. The number of anilines is 1. The van der Waals surface area contributed by atoms with Gasteiger partial charge in [-0.3, -0.25) is 9.30 Å². The Hall–Kier alpha value is -1.20. The van der Waals surface area contributed by atoms with E-state index in [0.29, 0.717) is 12.0 Å². The SMILES string of the molecule is CCCCCCCC1N=CN(c2ccc(OCCCCCCCCCCCO)cc2)S1. The highest BCUT2D eigenvalue weighted by Gasteiger charge is 2.19. The van der Waals surface area contributed by atoms with Gasteiger partial charge in [0.25, 0.3) is 0 Å². The Kier molecular flexibility index (Phi) is 14.6. The van der Waals surface area contributed by atoms with E-state index in [1.165, 1.54) is 89.2 Å². The average molecular weight is 449 g/mol. The predicted octanol–water partition coefficient (Wildman–Crippen LogP) is 7.75. The molecule has 1 heterocycles. The first-order valence-electron chi connectivity index (χ1n) is 12.7. The number of ether oxygens (including phenoxy) is 1. The lowest BCUT2D eigenvalue weighted by Gasteiger charge is -2.15. The molecular weight excluding hydrogens is 404 g/mol. The number of aliphatic imine (C=N–C) groups is 1. The third-order valence-corrected chi connectivity index (χ3v) is 6.92. The number of rotatable bonds is 19. The van der Waals surface area contributed by atoms with Crippen LogP contribution in [0.5, 0.6) is 5.75 Å². The molecule has 0 bridgehead atoms. The summed E-state index contributed by atoms with van der Waals surface area (Å²) < 4.78 is 8.10. The zero-order valence-corrected chi connectivity index (χ0v) is 20.5. The summed E-state index contributed by atoms with van der Waals surface area (Å²) in [6.07, 6.45) is 20.8. The van der Waals surface area contributed by atoms with E-state index in [2.05, 4.69) is 40.5 Å². The Labute approximate surface area is 195 Å². The van der Waals surface area contributed by atoms with E-state index in [0.717, 1.165) is 25.2 Å². The normalized spacial score (nSPS) is 15.7. The van der Waals surface area contributed by atoms with Gasteiger partial charge in [0.1, 0.15) is 17.5 Å². The molecule has 5 heteroatoms. The van der Waals surface area contributed by atoms with Gasteiger partial charge in [-0.25, -0.2) is 0 Å². The van der Waals surface area contributed by atoms with Crippen LogP contribution >= 0.6 is 11.9 Å². The molecule has 4 nitrogen and oxygen atoms in total. The van der Waals surface area contributed by atoms with Gasteiger partial charge in [0.2, 0.25) is 0 Å². The molecule has 31 heavy (non-hydrogen) atoms. The van der Waals surface area contributed by atoms with Crippen LogP contribution in [0.15, 0.2) is 29.3 Å². The molecule has 2 rings (SSSR count). The molecule has 0 saturated heterocycles. The monoisotopic (exact) mass is 448 g/mol. The number of hydrogen-bond donors (Lipinski definition) is 1. The van der Waals surface area contributed by atoms with E-state index in [1.54, 1.807) is 0 Å². The first kappa shape index (κ1) is 26.1. The first-order chi connectivity index (χ1) is 15.3. The summed E-state index contributed by atoms with van der Waals surface area (Å²) >= 11 is 1.83. The van der Waals surface area contributed by atoms with Gasteiger partial charge in [-0.15, -0.1) is 0 Å². The average Bonchev–Trinajstić information content (AvgIpc) is 3.27. The molecule has 1 aromatic rings. The van der Waals surface area contributed by atoms with Crippen LogP contribution in [0.25, 0.3) is 0 Å². The number of hydrogen-bond acceptors (Lipinski definition) is 5. The van der Waals surface area contributed by atoms with E-state index in [-0.39, 0.29) is 0 Å². The summed E-state index contributed by atoms with van der Waals surface area (Å²) in [7, 11) is 0. The van der Waals surface area contributed by atoms with Crippen molar-refractivity contribution in [2.45, 2.75) is 109 Å². The van der Waals surface area contributed by atoms with Crippen molar-refractivity contribution in [1.29, 1.82) is 0 Å². The largest absolute Gasteiger partial charge is 0.494 e. The summed E-state index contributed by atoms with van der Waals surface area (Å²) in [5.41, 5.74) is 1.17. The van der Waals surface area contributed by atoms with Crippen molar-refractivity contribution < 1.29 is 9.84 Å². The van der Waals surface area contributed by atoms with Gasteiger partial charge in [-0.05, 0) is 55.5 Å². The summed E-state index contributed by atoms with van der Waals surface area (Å²) in [5, 5.41) is 9.14. The van der Waals surface area contributed by atoms with E-state index in [4.69, 9.17) is 9.84 Å². The molecule has 0 spiro atoms. The van der Waals surface area contributed by atoms with Crippen LogP contribution in [0.2, 0.25) is 0 Å². The molecule has 0 fully saturated rings. The molecule has 1 aliphatic heterocycles. The molecule has 1 atom stereocenters. The maximum atomic E-state index is 8.77. The van der Waals surface area contributed by atoms with Crippen molar-refractivity contribution in [1.82, 2.24) is 0 Å². The van der Waals surface area contributed by atoms with Crippen molar-refractivity contribution in [3.05, 3.63) is 24.3 Å².